The van der Waals surface area contributed by atoms with Crippen LogP contribution in [0.4, 0.5) is 0 Å². The standard InChI is InChI=1S/C68H50O2/c1-66(2)54-34-50-51-35-55-53(63-43-23-9-7-19-39(43)49(33-59(63)67(55,3)4)47-27-17-25-45-41-21-11-13-29-61(41)70-65(45)47)37-57(51)68(30-14-5-15-31-68)56(50)36-52(54)62-42-22-8-6-18-38(42)48(32-58(62)66)46-26-16-24-44-40-20-10-12-28-60(40)69-64(44)46/h6-13,16-29,32-37H,5,14-15,30-31H2,1-4H3. The van der Waals surface area contributed by atoms with Crippen molar-refractivity contribution < 1.29 is 8.83 Å². The van der Waals surface area contributed by atoms with Gasteiger partial charge in [-0.05, 0) is 161 Å². The molecule has 16 rings (SSSR count). The molecule has 0 aliphatic heterocycles. The Morgan fingerprint density at radius 2 is 0.671 bits per heavy atom. The quantitative estimate of drug-likeness (QED) is 0.173. The van der Waals surface area contributed by atoms with Gasteiger partial charge in [0.2, 0.25) is 0 Å². The second-order valence-electron chi connectivity index (χ2n) is 22.1. The van der Waals surface area contributed by atoms with Crippen LogP contribution in [0.15, 0.2) is 179 Å². The summed E-state index contributed by atoms with van der Waals surface area (Å²) in [7, 11) is 0. The van der Waals surface area contributed by atoms with Crippen molar-refractivity contribution in [2.75, 3.05) is 0 Å². The Hall–Kier alpha value is -7.68. The van der Waals surface area contributed by atoms with E-state index in [0.29, 0.717) is 0 Å². The lowest BCUT2D eigenvalue weighted by Gasteiger charge is -2.36. The molecule has 4 aliphatic rings. The largest absolute Gasteiger partial charge is 0.455 e. The molecule has 0 atom stereocenters. The zero-order valence-corrected chi connectivity index (χ0v) is 40.0. The molecule has 1 spiro atoms. The Balaban J connectivity index is 0.904. The third-order valence-electron chi connectivity index (χ3n) is 18.1. The van der Waals surface area contributed by atoms with Crippen molar-refractivity contribution >= 4 is 65.4 Å². The van der Waals surface area contributed by atoms with Crippen molar-refractivity contribution in [3.63, 3.8) is 0 Å². The van der Waals surface area contributed by atoms with Crippen molar-refractivity contribution in [2.24, 2.45) is 0 Å². The minimum atomic E-state index is -0.229. The van der Waals surface area contributed by atoms with E-state index in [1.807, 2.05) is 0 Å². The molecule has 0 N–H and O–H groups in total. The molecule has 4 aliphatic carbocycles. The van der Waals surface area contributed by atoms with Crippen molar-refractivity contribution in [1.29, 1.82) is 0 Å². The summed E-state index contributed by atoms with van der Waals surface area (Å²) >= 11 is 0. The van der Waals surface area contributed by atoms with E-state index < -0.39 is 0 Å². The zero-order chi connectivity index (χ0) is 46.4. The molecular formula is C68H50O2. The molecule has 1 saturated carbocycles. The maximum atomic E-state index is 6.71. The molecule has 0 saturated heterocycles. The molecule has 70 heavy (non-hydrogen) atoms. The summed E-state index contributed by atoms with van der Waals surface area (Å²) in [4.78, 5) is 0. The normalized spacial score (nSPS) is 16.6. The maximum Gasteiger partial charge on any atom is 0.143 e. The van der Waals surface area contributed by atoms with E-state index in [1.165, 1.54) is 131 Å². The van der Waals surface area contributed by atoms with E-state index in [9.17, 15) is 0 Å². The fourth-order valence-corrected chi connectivity index (χ4v) is 14.7. The number of rotatable bonds is 2. The van der Waals surface area contributed by atoms with Crippen LogP contribution in [0.25, 0.3) is 121 Å². The van der Waals surface area contributed by atoms with Gasteiger partial charge >= 0.3 is 0 Å². The van der Waals surface area contributed by atoms with Crippen LogP contribution in [0.5, 0.6) is 0 Å². The molecule has 0 unspecified atom stereocenters. The Kier molecular flexibility index (Phi) is 7.47. The first-order valence-corrected chi connectivity index (χ1v) is 25.5. The minimum absolute atomic E-state index is 0.0356. The van der Waals surface area contributed by atoms with Crippen molar-refractivity contribution in [3.05, 3.63) is 203 Å². The van der Waals surface area contributed by atoms with Gasteiger partial charge in [-0.3, -0.25) is 0 Å². The summed E-state index contributed by atoms with van der Waals surface area (Å²) in [5.41, 5.74) is 25.4. The first-order valence-electron chi connectivity index (χ1n) is 25.5. The summed E-state index contributed by atoms with van der Waals surface area (Å²) in [5, 5.41) is 9.85. The maximum absolute atomic E-state index is 6.71. The van der Waals surface area contributed by atoms with Gasteiger partial charge in [0.15, 0.2) is 0 Å². The van der Waals surface area contributed by atoms with Gasteiger partial charge in [0.05, 0.1) is 0 Å². The van der Waals surface area contributed by atoms with Gasteiger partial charge in [0.1, 0.15) is 22.3 Å². The number of hydrogen-bond donors (Lipinski definition) is 0. The summed E-state index contributed by atoms with van der Waals surface area (Å²) in [6.45, 7) is 9.86. The van der Waals surface area contributed by atoms with E-state index in [2.05, 4.69) is 198 Å². The second kappa shape index (κ2) is 13.3. The van der Waals surface area contributed by atoms with Crippen LogP contribution in [-0.4, -0.2) is 0 Å². The van der Waals surface area contributed by atoms with E-state index in [-0.39, 0.29) is 16.2 Å². The number of furan rings is 2. The monoisotopic (exact) mass is 898 g/mol. The highest BCUT2D eigenvalue weighted by molar-refractivity contribution is 6.17. The molecule has 1 fully saturated rings. The number of fused-ring (bicyclic) bond motifs is 21. The Morgan fingerprint density at radius 1 is 0.300 bits per heavy atom. The molecule has 2 nitrogen and oxygen atoms in total. The van der Waals surface area contributed by atoms with Crippen LogP contribution in [-0.2, 0) is 16.2 Å². The number of hydrogen-bond acceptors (Lipinski definition) is 2. The summed E-state index contributed by atoms with van der Waals surface area (Å²) < 4.78 is 13.4. The number of para-hydroxylation sites is 4. The Bertz CT molecular complexity index is 4060. The second-order valence-corrected chi connectivity index (χ2v) is 22.1. The van der Waals surface area contributed by atoms with E-state index >= 15 is 0 Å². The van der Waals surface area contributed by atoms with Crippen LogP contribution in [0.2, 0.25) is 0 Å². The van der Waals surface area contributed by atoms with E-state index in [4.69, 9.17) is 8.83 Å². The first-order chi connectivity index (χ1) is 34.2. The van der Waals surface area contributed by atoms with Crippen LogP contribution < -0.4 is 0 Å². The Morgan fingerprint density at radius 3 is 1.13 bits per heavy atom. The van der Waals surface area contributed by atoms with Gasteiger partial charge in [-0.15, -0.1) is 0 Å². The predicted molar refractivity (Wildman–Crippen MR) is 291 cm³/mol. The van der Waals surface area contributed by atoms with Crippen molar-refractivity contribution in [1.82, 2.24) is 0 Å². The predicted octanol–water partition coefficient (Wildman–Crippen LogP) is 19.0. The third kappa shape index (κ3) is 4.80. The molecule has 0 amide bonds. The lowest BCUT2D eigenvalue weighted by atomic mass is 9.67. The van der Waals surface area contributed by atoms with Crippen LogP contribution in [0, 0.1) is 0 Å². The van der Waals surface area contributed by atoms with Gasteiger partial charge in [-0.2, -0.15) is 0 Å². The van der Waals surface area contributed by atoms with Crippen LogP contribution in [0.1, 0.15) is 93.2 Å². The van der Waals surface area contributed by atoms with Crippen molar-refractivity contribution in [2.45, 2.75) is 76.0 Å². The van der Waals surface area contributed by atoms with Gasteiger partial charge < -0.3 is 8.83 Å². The molecule has 12 aromatic rings. The summed E-state index contributed by atoms with van der Waals surface area (Å²) in [5.74, 6) is 0. The molecule has 334 valence electrons. The summed E-state index contributed by atoms with van der Waals surface area (Å²) in [6.07, 6.45) is 6.15. The third-order valence-corrected chi connectivity index (χ3v) is 18.1. The topological polar surface area (TPSA) is 26.3 Å². The highest BCUT2D eigenvalue weighted by atomic mass is 16.3. The van der Waals surface area contributed by atoms with Crippen LogP contribution >= 0.6 is 0 Å². The average molecular weight is 899 g/mol. The molecule has 0 radical (unpaired) electrons. The number of benzene rings is 10. The molecular weight excluding hydrogens is 849 g/mol. The lowest BCUT2D eigenvalue weighted by Crippen LogP contribution is -2.28. The lowest BCUT2D eigenvalue weighted by molar-refractivity contribution is 0.353. The first kappa shape index (κ1) is 39.2. The van der Waals surface area contributed by atoms with Gasteiger partial charge in [-0.1, -0.05) is 168 Å². The molecule has 10 aromatic carbocycles. The molecule has 0 bridgehead atoms. The van der Waals surface area contributed by atoms with Gasteiger partial charge in [-0.25, -0.2) is 0 Å². The highest BCUT2D eigenvalue weighted by Gasteiger charge is 2.49. The smallest absolute Gasteiger partial charge is 0.143 e. The molecule has 2 heterocycles. The fraction of sp³-hybridized carbons (Fsp3) is 0.176. The SMILES string of the molecule is CC1(C)c2cc3c(cc2-c2c1cc(-c1cccc4c1oc1ccccc14)c1ccccc21)C1(CCCCC1)c1cc2c(cc1-3)C(C)(C)c1cc(-c3cccc4c3oc3ccccc34)c3ccccc3c1-2. The van der Waals surface area contributed by atoms with E-state index in [0.717, 1.165) is 44.2 Å². The van der Waals surface area contributed by atoms with Gasteiger partial charge in [0, 0.05) is 48.9 Å². The average Bonchev–Trinajstić information content (AvgIpc) is 4.15. The van der Waals surface area contributed by atoms with Gasteiger partial charge in [0.25, 0.3) is 0 Å². The molecule has 2 heteroatoms. The summed E-state index contributed by atoms with van der Waals surface area (Å²) in [6, 6.07) is 64.3. The molecule has 2 aromatic heterocycles. The van der Waals surface area contributed by atoms with E-state index in [1.54, 1.807) is 11.1 Å². The van der Waals surface area contributed by atoms with Crippen LogP contribution in [0.3, 0.4) is 0 Å². The minimum Gasteiger partial charge on any atom is -0.455 e. The van der Waals surface area contributed by atoms with Crippen molar-refractivity contribution in [3.8, 4) is 55.6 Å². The zero-order valence-electron chi connectivity index (χ0n) is 40.0. The fourth-order valence-electron chi connectivity index (χ4n) is 14.7. The highest BCUT2D eigenvalue weighted by Crippen LogP contribution is 2.64. The Labute approximate surface area is 407 Å².